The largest absolute Gasteiger partial charge is 0.350 e. The number of amides is 1. The quantitative estimate of drug-likeness (QED) is 0.887. The van der Waals surface area contributed by atoms with Crippen LogP contribution in [0.3, 0.4) is 0 Å². The molecule has 1 fully saturated rings. The van der Waals surface area contributed by atoms with E-state index in [1.807, 2.05) is 30.3 Å². The fourth-order valence-corrected chi connectivity index (χ4v) is 3.04. The highest BCUT2D eigenvalue weighted by molar-refractivity contribution is 5.94. The monoisotopic (exact) mass is 355 g/mol. The van der Waals surface area contributed by atoms with E-state index in [0.29, 0.717) is 24.2 Å². The minimum absolute atomic E-state index is 0. The summed E-state index contributed by atoms with van der Waals surface area (Å²) >= 11 is 0. The number of fused-ring (bicyclic) bond motifs is 1. The Morgan fingerprint density at radius 3 is 2.74 bits per heavy atom. The lowest BCUT2D eigenvalue weighted by Gasteiger charge is -2.26. The van der Waals surface area contributed by atoms with Gasteiger partial charge in [-0.15, -0.1) is 24.8 Å². The zero-order valence-electron chi connectivity index (χ0n) is 12.9. The Labute approximate surface area is 149 Å². The zero-order valence-corrected chi connectivity index (χ0v) is 14.5. The first kappa shape index (κ1) is 19.7. The fraction of sp³-hybridized carbons (Fsp3) is 0.412. The minimum atomic E-state index is -0.0973. The van der Waals surface area contributed by atoms with Gasteiger partial charge in [0.1, 0.15) is 5.69 Å². The third-order valence-electron chi connectivity index (χ3n) is 4.21. The van der Waals surface area contributed by atoms with Crippen molar-refractivity contribution in [3.63, 3.8) is 0 Å². The van der Waals surface area contributed by atoms with Crippen LogP contribution >= 0.6 is 24.8 Å². The number of carbonyl (C=O) groups is 1. The molecule has 3 N–H and O–H groups in total. The van der Waals surface area contributed by atoms with Gasteiger partial charge in [-0.3, -0.25) is 4.79 Å². The highest BCUT2D eigenvalue weighted by Gasteiger charge is 2.20. The molecule has 1 aromatic carbocycles. The molecular weight excluding hydrogens is 333 g/mol. The van der Waals surface area contributed by atoms with E-state index in [0.717, 1.165) is 36.6 Å². The lowest BCUT2D eigenvalue weighted by atomic mass is 9.86. The zero-order chi connectivity index (χ0) is 14.7. The van der Waals surface area contributed by atoms with Gasteiger partial charge in [0.2, 0.25) is 0 Å². The van der Waals surface area contributed by atoms with E-state index >= 15 is 0 Å². The molecular formula is C17H23Cl2N3O. The van der Waals surface area contributed by atoms with Crippen LogP contribution in [0.1, 0.15) is 36.2 Å². The topological polar surface area (TPSA) is 68.0 Å². The van der Waals surface area contributed by atoms with Gasteiger partial charge in [0.15, 0.2) is 0 Å². The second kappa shape index (κ2) is 9.06. The van der Waals surface area contributed by atoms with Crippen LogP contribution in [0.25, 0.3) is 10.9 Å². The summed E-state index contributed by atoms with van der Waals surface area (Å²) in [5.41, 5.74) is 7.31. The van der Waals surface area contributed by atoms with E-state index in [9.17, 15) is 4.79 Å². The van der Waals surface area contributed by atoms with Gasteiger partial charge < -0.3 is 11.1 Å². The van der Waals surface area contributed by atoms with E-state index in [1.165, 1.54) is 0 Å². The molecule has 1 aliphatic rings. The first-order chi connectivity index (χ1) is 10.2. The van der Waals surface area contributed by atoms with Crippen molar-refractivity contribution in [1.29, 1.82) is 0 Å². The highest BCUT2D eigenvalue weighted by Crippen LogP contribution is 2.22. The minimum Gasteiger partial charge on any atom is -0.350 e. The number of rotatable bonds is 3. The molecule has 2 atom stereocenters. The Balaban J connectivity index is 0.00000132. The molecule has 1 heterocycles. The summed E-state index contributed by atoms with van der Waals surface area (Å²) in [6.07, 6.45) is 4.43. The van der Waals surface area contributed by atoms with Crippen molar-refractivity contribution in [2.75, 3.05) is 6.54 Å². The van der Waals surface area contributed by atoms with Gasteiger partial charge in [-0.2, -0.15) is 0 Å². The molecule has 0 radical (unpaired) electrons. The summed E-state index contributed by atoms with van der Waals surface area (Å²) in [6, 6.07) is 11.8. The van der Waals surface area contributed by atoms with Crippen molar-refractivity contribution in [3.8, 4) is 0 Å². The molecule has 3 rings (SSSR count). The smallest absolute Gasteiger partial charge is 0.269 e. The maximum atomic E-state index is 12.2. The van der Waals surface area contributed by atoms with Crippen molar-refractivity contribution in [2.45, 2.75) is 31.7 Å². The molecule has 1 aliphatic carbocycles. The molecule has 4 nitrogen and oxygen atoms in total. The predicted molar refractivity (Wildman–Crippen MR) is 98.5 cm³/mol. The lowest BCUT2D eigenvalue weighted by Crippen LogP contribution is -2.35. The number of hydrogen-bond donors (Lipinski definition) is 2. The normalized spacial score (nSPS) is 20.2. The Hall–Kier alpha value is -1.36. The van der Waals surface area contributed by atoms with Crippen LogP contribution in [0, 0.1) is 5.92 Å². The molecule has 126 valence electrons. The summed E-state index contributed by atoms with van der Waals surface area (Å²) < 4.78 is 0. The Bertz CT molecular complexity index is 651. The fourth-order valence-electron chi connectivity index (χ4n) is 3.04. The molecule has 0 aliphatic heterocycles. The van der Waals surface area contributed by atoms with E-state index < -0.39 is 0 Å². The van der Waals surface area contributed by atoms with Gasteiger partial charge in [0.25, 0.3) is 5.91 Å². The van der Waals surface area contributed by atoms with Gasteiger partial charge in [0, 0.05) is 18.0 Å². The van der Waals surface area contributed by atoms with Crippen molar-refractivity contribution >= 4 is 41.6 Å². The number of nitrogens with two attached hydrogens (primary N) is 1. The number of pyridine rings is 1. The van der Waals surface area contributed by atoms with E-state index in [1.54, 1.807) is 6.07 Å². The molecule has 0 bridgehead atoms. The summed E-state index contributed by atoms with van der Waals surface area (Å²) in [5.74, 6) is 0.401. The second-order valence-electron chi connectivity index (χ2n) is 5.89. The molecule has 2 unspecified atom stereocenters. The predicted octanol–water partition coefficient (Wildman–Crippen LogP) is 3.33. The average molecular weight is 356 g/mol. The van der Waals surface area contributed by atoms with E-state index in [4.69, 9.17) is 5.73 Å². The lowest BCUT2D eigenvalue weighted by molar-refractivity contribution is 0.0938. The van der Waals surface area contributed by atoms with Crippen molar-refractivity contribution in [1.82, 2.24) is 10.3 Å². The van der Waals surface area contributed by atoms with Crippen LogP contribution in [0.15, 0.2) is 36.4 Å². The average Bonchev–Trinajstić information content (AvgIpc) is 2.52. The highest BCUT2D eigenvalue weighted by atomic mass is 35.5. The SMILES string of the molecule is Cl.Cl.NC1CCCC(CNC(=O)c2ccc3ccccc3n2)C1. The standard InChI is InChI=1S/C17H21N3O.2ClH/c18-14-6-3-4-12(10-14)11-19-17(21)16-9-8-13-5-1-2-7-15(13)20-16;;/h1-2,5,7-9,12,14H,3-4,6,10-11,18H2,(H,19,21);2*1H. The van der Waals surface area contributed by atoms with Crippen molar-refractivity contribution < 1.29 is 4.79 Å². The van der Waals surface area contributed by atoms with Crippen LogP contribution < -0.4 is 11.1 Å². The van der Waals surface area contributed by atoms with Crippen LogP contribution in [0.5, 0.6) is 0 Å². The Kier molecular flexibility index (Phi) is 7.76. The first-order valence-corrected chi connectivity index (χ1v) is 7.62. The molecule has 0 saturated heterocycles. The number of halogens is 2. The van der Waals surface area contributed by atoms with Gasteiger partial charge in [-0.05, 0) is 37.3 Å². The van der Waals surface area contributed by atoms with Gasteiger partial charge in [-0.25, -0.2) is 4.98 Å². The molecule has 2 aromatic rings. The molecule has 6 heteroatoms. The van der Waals surface area contributed by atoms with E-state index in [2.05, 4.69) is 10.3 Å². The maximum Gasteiger partial charge on any atom is 0.269 e. The molecule has 0 spiro atoms. The van der Waals surface area contributed by atoms with Crippen LogP contribution in [0.4, 0.5) is 0 Å². The molecule has 1 saturated carbocycles. The maximum absolute atomic E-state index is 12.2. The number of para-hydroxylation sites is 1. The summed E-state index contributed by atoms with van der Waals surface area (Å²) in [4.78, 5) is 16.6. The summed E-state index contributed by atoms with van der Waals surface area (Å²) in [5, 5.41) is 4.05. The molecule has 1 aromatic heterocycles. The Morgan fingerprint density at radius 1 is 1.17 bits per heavy atom. The van der Waals surface area contributed by atoms with Crippen molar-refractivity contribution in [2.24, 2.45) is 11.7 Å². The number of hydrogen-bond acceptors (Lipinski definition) is 3. The van der Waals surface area contributed by atoms with Gasteiger partial charge in [-0.1, -0.05) is 30.7 Å². The third-order valence-corrected chi connectivity index (χ3v) is 4.21. The first-order valence-electron chi connectivity index (χ1n) is 7.62. The Morgan fingerprint density at radius 2 is 1.96 bits per heavy atom. The second-order valence-corrected chi connectivity index (χ2v) is 5.89. The number of benzene rings is 1. The number of aromatic nitrogens is 1. The van der Waals surface area contributed by atoms with Crippen LogP contribution in [0.2, 0.25) is 0 Å². The van der Waals surface area contributed by atoms with Gasteiger partial charge in [0.05, 0.1) is 5.52 Å². The molecule has 23 heavy (non-hydrogen) atoms. The summed E-state index contributed by atoms with van der Waals surface area (Å²) in [6.45, 7) is 0.695. The number of carbonyl (C=O) groups excluding carboxylic acids is 1. The van der Waals surface area contributed by atoms with Crippen LogP contribution in [-0.4, -0.2) is 23.5 Å². The number of nitrogens with zero attached hydrogens (tertiary/aromatic N) is 1. The van der Waals surface area contributed by atoms with Gasteiger partial charge >= 0.3 is 0 Å². The van der Waals surface area contributed by atoms with Crippen LogP contribution in [-0.2, 0) is 0 Å². The van der Waals surface area contributed by atoms with E-state index in [-0.39, 0.29) is 30.7 Å². The summed E-state index contributed by atoms with van der Waals surface area (Å²) in [7, 11) is 0. The number of nitrogens with one attached hydrogen (secondary N) is 1. The third kappa shape index (κ3) is 5.06. The van der Waals surface area contributed by atoms with Crippen molar-refractivity contribution in [3.05, 3.63) is 42.1 Å². The molecule has 1 amide bonds.